The van der Waals surface area contributed by atoms with E-state index in [1.54, 1.807) is 4.90 Å². The van der Waals surface area contributed by atoms with Gasteiger partial charge in [0, 0.05) is 18.5 Å². The van der Waals surface area contributed by atoms with E-state index in [4.69, 9.17) is 0 Å². The summed E-state index contributed by atoms with van der Waals surface area (Å²) in [6.45, 7) is 7.66. The van der Waals surface area contributed by atoms with E-state index in [9.17, 15) is 14.4 Å². The first-order chi connectivity index (χ1) is 10.6. The summed E-state index contributed by atoms with van der Waals surface area (Å²) in [6.07, 6.45) is 3.00. The van der Waals surface area contributed by atoms with Crippen molar-refractivity contribution in [3.05, 3.63) is 0 Å². The van der Waals surface area contributed by atoms with Gasteiger partial charge >= 0.3 is 0 Å². The molecule has 0 aromatic carbocycles. The van der Waals surface area contributed by atoms with Gasteiger partial charge in [-0.25, -0.2) is 0 Å². The van der Waals surface area contributed by atoms with Crippen LogP contribution >= 0.6 is 0 Å². The van der Waals surface area contributed by atoms with Gasteiger partial charge in [0.1, 0.15) is 5.41 Å². The van der Waals surface area contributed by atoms with Gasteiger partial charge in [0.2, 0.25) is 17.5 Å². The molecule has 1 heterocycles. The van der Waals surface area contributed by atoms with E-state index in [-0.39, 0.29) is 17.7 Å². The highest BCUT2D eigenvalue weighted by Gasteiger charge is 2.78. The number of hydrogen-bond donors (Lipinski definition) is 0. The van der Waals surface area contributed by atoms with Gasteiger partial charge < -0.3 is 9.80 Å². The number of likely N-dealkylation sites (tertiary alicyclic amines) is 1. The Morgan fingerprint density at radius 3 is 2.13 bits per heavy atom. The lowest BCUT2D eigenvalue weighted by Gasteiger charge is -2.42. The van der Waals surface area contributed by atoms with Crippen LogP contribution in [-0.4, -0.2) is 60.5 Å². The van der Waals surface area contributed by atoms with Gasteiger partial charge in [0.05, 0.1) is 0 Å². The lowest BCUT2D eigenvalue weighted by molar-refractivity contribution is -0.156. The van der Waals surface area contributed by atoms with Crippen LogP contribution in [0.1, 0.15) is 46.5 Å². The van der Waals surface area contributed by atoms with Crippen LogP contribution in [0.2, 0.25) is 0 Å². The third-order valence-electron chi connectivity index (χ3n) is 7.46. The van der Waals surface area contributed by atoms with Gasteiger partial charge in [-0.15, -0.1) is 0 Å². The number of rotatable bonds is 2. The molecule has 0 radical (unpaired) electrons. The summed E-state index contributed by atoms with van der Waals surface area (Å²) in [5.74, 6) is -0.906. The Bertz CT molecular complexity index is 577. The van der Waals surface area contributed by atoms with E-state index in [1.165, 1.54) is 0 Å². The molecule has 2 atom stereocenters. The van der Waals surface area contributed by atoms with Crippen LogP contribution in [0.5, 0.6) is 0 Å². The predicted molar refractivity (Wildman–Crippen MR) is 86.9 cm³/mol. The van der Waals surface area contributed by atoms with Crippen molar-refractivity contribution >= 4 is 17.5 Å². The zero-order valence-electron chi connectivity index (χ0n) is 14.9. The molecule has 2 saturated carbocycles. The molecule has 23 heavy (non-hydrogen) atoms. The lowest BCUT2D eigenvalue weighted by atomic mass is 9.64. The largest absolute Gasteiger partial charge is 0.342 e. The van der Waals surface area contributed by atoms with Crippen LogP contribution in [0, 0.1) is 16.2 Å². The Morgan fingerprint density at radius 2 is 1.65 bits per heavy atom. The van der Waals surface area contributed by atoms with Gasteiger partial charge in [-0.3, -0.25) is 14.4 Å². The van der Waals surface area contributed by atoms with E-state index in [0.29, 0.717) is 12.8 Å². The SMILES string of the molecule is CN1CCC(N(C)C(=O)[C@@]23CC[C@@](C)(C(=O)C2=O)C3(C)C)CC1. The van der Waals surface area contributed by atoms with Gasteiger partial charge in [0.25, 0.3) is 0 Å². The van der Waals surface area contributed by atoms with Crippen LogP contribution in [0.15, 0.2) is 0 Å². The molecule has 0 aromatic heterocycles. The van der Waals surface area contributed by atoms with Crippen molar-refractivity contribution in [1.29, 1.82) is 0 Å². The second-order valence-electron chi connectivity index (χ2n) is 8.47. The van der Waals surface area contributed by atoms with Crippen LogP contribution in [-0.2, 0) is 14.4 Å². The number of nitrogens with zero attached hydrogens (tertiary/aromatic N) is 2. The normalized spacial score (nSPS) is 37.4. The molecule has 3 fully saturated rings. The summed E-state index contributed by atoms with van der Waals surface area (Å²) in [5.41, 5.74) is -2.44. The summed E-state index contributed by atoms with van der Waals surface area (Å²) in [4.78, 5) is 42.7. The van der Waals surface area contributed by atoms with Gasteiger partial charge in [0.15, 0.2) is 0 Å². The molecule has 0 N–H and O–H groups in total. The molecule has 5 nitrogen and oxygen atoms in total. The molecule has 1 amide bonds. The molecule has 0 aromatic rings. The highest BCUT2D eigenvalue weighted by molar-refractivity contribution is 6.48. The average molecular weight is 320 g/mol. The second-order valence-corrected chi connectivity index (χ2v) is 8.47. The maximum absolute atomic E-state index is 13.4. The zero-order valence-corrected chi connectivity index (χ0v) is 14.9. The molecule has 1 saturated heterocycles. The number of ketones is 2. The van der Waals surface area contributed by atoms with Gasteiger partial charge in [-0.05, 0) is 51.2 Å². The number of Topliss-reactive ketones (excluding diaryl/α,β-unsaturated/α-hetero) is 2. The number of fused-ring (bicyclic) bond motifs is 2. The molecule has 128 valence electrons. The Labute approximate surface area is 138 Å². The average Bonchev–Trinajstić information content (AvgIpc) is 2.79. The second kappa shape index (κ2) is 4.88. The highest BCUT2D eigenvalue weighted by Crippen LogP contribution is 2.69. The minimum absolute atomic E-state index is 0.128. The van der Waals surface area contributed by atoms with Crippen molar-refractivity contribution in [1.82, 2.24) is 9.80 Å². The van der Waals surface area contributed by atoms with E-state index in [2.05, 4.69) is 11.9 Å². The molecule has 0 unspecified atom stereocenters. The first-order valence-corrected chi connectivity index (χ1v) is 8.64. The smallest absolute Gasteiger partial charge is 0.237 e. The minimum Gasteiger partial charge on any atom is -0.342 e. The fraction of sp³-hybridized carbons (Fsp3) is 0.833. The van der Waals surface area contributed by atoms with Crippen molar-refractivity contribution in [2.75, 3.05) is 27.2 Å². The zero-order chi connectivity index (χ0) is 17.2. The van der Waals surface area contributed by atoms with Crippen LogP contribution in [0.4, 0.5) is 0 Å². The summed E-state index contributed by atoms with van der Waals surface area (Å²) < 4.78 is 0. The first-order valence-electron chi connectivity index (χ1n) is 8.64. The summed E-state index contributed by atoms with van der Waals surface area (Å²) in [5, 5.41) is 0. The number of carbonyl (C=O) groups is 3. The summed E-state index contributed by atoms with van der Waals surface area (Å²) in [6, 6.07) is 0.166. The molecular weight excluding hydrogens is 292 g/mol. The van der Waals surface area contributed by atoms with Gasteiger partial charge in [-0.1, -0.05) is 20.8 Å². The van der Waals surface area contributed by atoms with Crippen LogP contribution in [0.3, 0.4) is 0 Å². The molecule has 1 aliphatic heterocycles. The van der Waals surface area contributed by atoms with E-state index < -0.39 is 22.0 Å². The molecular formula is C18H28N2O3. The number of piperidine rings is 1. The highest BCUT2D eigenvalue weighted by atomic mass is 16.2. The fourth-order valence-electron chi connectivity index (χ4n) is 5.09. The molecule has 3 aliphatic rings. The lowest BCUT2D eigenvalue weighted by Crippen LogP contribution is -2.55. The molecule has 3 rings (SSSR count). The van der Waals surface area contributed by atoms with E-state index >= 15 is 0 Å². The number of amides is 1. The topological polar surface area (TPSA) is 57.7 Å². The Morgan fingerprint density at radius 1 is 1.09 bits per heavy atom. The van der Waals surface area contributed by atoms with Gasteiger partial charge in [-0.2, -0.15) is 0 Å². The quantitative estimate of drug-likeness (QED) is 0.571. The minimum atomic E-state index is -1.14. The Kier molecular flexibility index (Phi) is 3.53. The molecule has 5 heteroatoms. The molecule has 0 spiro atoms. The van der Waals surface area contributed by atoms with Crippen LogP contribution in [0.25, 0.3) is 0 Å². The predicted octanol–water partition coefficient (Wildman–Crippen LogP) is 1.50. The standard InChI is InChI=1S/C18H28N2O3/c1-16(2)17(3)8-9-18(16,14(22)13(17)21)15(23)20(5)12-6-10-19(4)11-7-12/h12H,6-11H2,1-5H3/t17-,18+/m0/s1. The monoisotopic (exact) mass is 320 g/mol. The van der Waals surface area contributed by atoms with Crippen LogP contribution < -0.4 is 0 Å². The summed E-state index contributed by atoms with van der Waals surface area (Å²) >= 11 is 0. The van der Waals surface area contributed by atoms with Crippen molar-refractivity contribution < 1.29 is 14.4 Å². The Balaban J connectivity index is 1.92. The first kappa shape index (κ1) is 16.6. The van der Waals surface area contributed by atoms with Crippen molar-refractivity contribution in [2.45, 2.75) is 52.5 Å². The third kappa shape index (κ3) is 1.80. The fourth-order valence-corrected chi connectivity index (χ4v) is 5.09. The summed E-state index contributed by atoms with van der Waals surface area (Å²) in [7, 11) is 3.90. The molecule has 2 bridgehead atoms. The van der Waals surface area contributed by atoms with Crippen molar-refractivity contribution in [3.8, 4) is 0 Å². The Hall–Kier alpha value is -1.23. The van der Waals surface area contributed by atoms with E-state index in [0.717, 1.165) is 25.9 Å². The maximum Gasteiger partial charge on any atom is 0.237 e. The number of hydrogen-bond acceptors (Lipinski definition) is 4. The maximum atomic E-state index is 13.4. The third-order valence-corrected chi connectivity index (χ3v) is 7.46. The molecule has 2 aliphatic carbocycles. The van der Waals surface area contributed by atoms with E-state index in [1.807, 2.05) is 27.8 Å². The van der Waals surface area contributed by atoms with Crippen molar-refractivity contribution in [2.24, 2.45) is 16.2 Å². The number of carbonyl (C=O) groups excluding carboxylic acids is 3. The van der Waals surface area contributed by atoms with Crippen molar-refractivity contribution in [3.63, 3.8) is 0 Å².